The van der Waals surface area contributed by atoms with Crippen LogP contribution in [0.15, 0.2) is 64.0 Å². The molecule has 0 spiro atoms. The molecule has 3 aromatic carbocycles. The van der Waals surface area contributed by atoms with Crippen LogP contribution >= 0.6 is 39.9 Å². The number of carbonyl (C=O) groups is 2. The van der Waals surface area contributed by atoms with Crippen molar-refractivity contribution in [3.05, 3.63) is 75.1 Å². The maximum Gasteiger partial charge on any atom is 0.323 e. The van der Waals surface area contributed by atoms with Gasteiger partial charge in [0.15, 0.2) is 11.5 Å². The first-order valence-electron chi connectivity index (χ1n) is 9.81. The Kier molecular flexibility index (Phi) is 7.02. The fraction of sp³-hybridized carbons (Fsp3) is 0.125. The van der Waals surface area contributed by atoms with E-state index in [1.54, 1.807) is 19.3 Å². The highest BCUT2D eigenvalue weighted by Crippen LogP contribution is 2.39. The number of carboxylic acid groups (broad SMARTS) is 1. The van der Waals surface area contributed by atoms with Crippen molar-refractivity contribution in [1.29, 1.82) is 0 Å². The Bertz CT molecular complexity index is 1300. The number of methoxy groups -OCH3 is 1. The number of thioether (sulfide) groups is 1. The molecular weight excluding hydrogens is 526 g/mol. The van der Waals surface area contributed by atoms with E-state index in [1.165, 1.54) is 0 Å². The molecule has 0 aromatic heterocycles. The van der Waals surface area contributed by atoms with Crippen LogP contribution in [0.1, 0.15) is 11.1 Å². The lowest BCUT2D eigenvalue weighted by molar-refractivity contribution is -0.140. The summed E-state index contributed by atoms with van der Waals surface area (Å²) in [5, 5.41) is 11.3. The van der Waals surface area contributed by atoms with Gasteiger partial charge in [-0.2, -0.15) is 0 Å². The van der Waals surface area contributed by atoms with Crippen molar-refractivity contribution in [3.8, 4) is 11.5 Å². The zero-order valence-corrected chi connectivity index (χ0v) is 20.6. The predicted octanol–water partition coefficient (Wildman–Crippen LogP) is 5.48. The third kappa shape index (κ3) is 5.05. The van der Waals surface area contributed by atoms with Gasteiger partial charge in [0.1, 0.15) is 17.5 Å². The van der Waals surface area contributed by atoms with E-state index in [0.29, 0.717) is 33.0 Å². The lowest BCUT2D eigenvalue weighted by Gasteiger charge is -2.15. The Morgan fingerprint density at radius 3 is 2.73 bits per heavy atom. The third-order valence-electron chi connectivity index (χ3n) is 4.97. The van der Waals surface area contributed by atoms with Gasteiger partial charge in [-0.25, -0.2) is 0 Å². The van der Waals surface area contributed by atoms with E-state index < -0.39 is 18.4 Å². The van der Waals surface area contributed by atoms with Crippen molar-refractivity contribution >= 4 is 73.0 Å². The highest BCUT2D eigenvalue weighted by atomic mass is 79.9. The Morgan fingerprint density at radius 2 is 1.97 bits per heavy atom. The van der Waals surface area contributed by atoms with Gasteiger partial charge >= 0.3 is 5.97 Å². The quantitative estimate of drug-likeness (QED) is 0.312. The average molecular weight is 544 g/mol. The molecule has 1 aliphatic rings. The Labute approximate surface area is 208 Å². The molecule has 0 atom stereocenters. The molecule has 4 rings (SSSR count). The molecule has 1 saturated heterocycles. The lowest BCUT2D eigenvalue weighted by atomic mass is 10.1. The fourth-order valence-electron chi connectivity index (χ4n) is 3.45. The Hall–Kier alpha value is -2.88. The molecule has 1 aliphatic heterocycles. The van der Waals surface area contributed by atoms with Crippen molar-refractivity contribution in [2.75, 3.05) is 13.7 Å². The number of carbonyl (C=O) groups excluding carboxylic acids is 1. The van der Waals surface area contributed by atoms with Crippen molar-refractivity contribution in [2.24, 2.45) is 0 Å². The number of thiocarbonyl (C=S) groups is 1. The molecule has 0 saturated carbocycles. The molecule has 1 N–H and O–H groups in total. The number of fused-ring (bicyclic) bond motifs is 1. The lowest BCUT2D eigenvalue weighted by Crippen LogP contribution is -2.33. The molecule has 0 bridgehead atoms. The van der Waals surface area contributed by atoms with Crippen molar-refractivity contribution in [2.45, 2.75) is 6.61 Å². The third-order valence-corrected chi connectivity index (χ3v) is 6.94. The SMILES string of the molecule is COc1cc(/C=C2\SC(=S)N(CC(=O)O)C2=O)cc(Br)c1OCc1cccc2ccccc12. The fourth-order valence-corrected chi connectivity index (χ4v) is 5.28. The second kappa shape index (κ2) is 9.94. The maximum atomic E-state index is 12.5. The molecule has 33 heavy (non-hydrogen) atoms. The molecule has 0 radical (unpaired) electrons. The normalized spacial score (nSPS) is 14.8. The number of halogens is 1. The van der Waals surface area contributed by atoms with Crippen LogP contribution in [-0.4, -0.2) is 39.9 Å². The number of hydrogen-bond donors (Lipinski definition) is 1. The first-order chi connectivity index (χ1) is 15.9. The largest absolute Gasteiger partial charge is 0.493 e. The summed E-state index contributed by atoms with van der Waals surface area (Å²) < 4.78 is 12.5. The molecule has 6 nitrogen and oxygen atoms in total. The van der Waals surface area contributed by atoms with Gasteiger partial charge in [0.2, 0.25) is 0 Å². The number of rotatable bonds is 7. The number of amides is 1. The van der Waals surface area contributed by atoms with E-state index in [9.17, 15) is 9.59 Å². The van der Waals surface area contributed by atoms with Crippen LogP contribution in [0.5, 0.6) is 11.5 Å². The van der Waals surface area contributed by atoms with E-state index in [4.69, 9.17) is 26.8 Å². The Balaban J connectivity index is 1.59. The summed E-state index contributed by atoms with van der Waals surface area (Å²) in [5.41, 5.74) is 1.74. The average Bonchev–Trinajstić information content (AvgIpc) is 3.05. The van der Waals surface area contributed by atoms with Gasteiger partial charge in [-0.1, -0.05) is 66.4 Å². The second-order valence-electron chi connectivity index (χ2n) is 7.12. The van der Waals surface area contributed by atoms with Gasteiger partial charge in [-0.15, -0.1) is 0 Å². The summed E-state index contributed by atoms with van der Waals surface area (Å²) in [5.74, 6) is -0.513. The highest BCUT2D eigenvalue weighted by Gasteiger charge is 2.33. The van der Waals surface area contributed by atoms with Gasteiger partial charge in [0, 0.05) is 0 Å². The minimum absolute atomic E-state index is 0.217. The molecule has 3 aromatic rings. The molecular formula is C24H18BrNO5S2. The minimum atomic E-state index is -1.12. The van der Waals surface area contributed by atoms with Crippen LogP contribution in [0, 0.1) is 0 Å². The second-order valence-corrected chi connectivity index (χ2v) is 9.65. The summed E-state index contributed by atoms with van der Waals surface area (Å²) >= 11 is 9.76. The molecule has 9 heteroatoms. The number of benzene rings is 3. The van der Waals surface area contributed by atoms with Crippen LogP contribution in [0.3, 0.4) is 0 Å². The van der Waals surface area contributed by atoms with Crippen LogP contribution in [0.4, 0.5) is 0 Å². The van der Waals surface area contributed by atoms with E-state index in [2.05, 4.69) is 34.1 Å². The monoisotopic (exact) mass is 543 g/mol. The molecule has 1 fully saturated rings. The number of carboxylic acids is 1. The molecule has 0 aliphatic carbocycles. The number of ether oxygens (including phenoxy) is 2. The van der Waals surface area contributed by atoms with E-state index >= 15 is 0 Å². The maximum absolute atomic E-state index is 12.5. The summed E-state index contributed by atoms with van der Waals surface area (Å²) in [7, 11) is 1.54. The highest BCUT2D eigenvalue weighted by molar-refractivity contribution is 9.10. The van der Waals surface area contributed by atoms with E-state index in [0.717, 1.165) is 33.0 Å². The smallest absolute Gasteiger partial charge is 0.323 e. The van der Waals surface area contributed by atoms with E-state index in [-0.39, 0.29) is 4.32 Å². The minimum Gasteiger partial charge on any atom is -0.493 e. The first kappa shape index (κ1) is 23.3. The number of aliphatic carboxylic acids is 1. The molecule has 1 heterocycles. The summed E-state index contributed by atoms with van der Waals surface area (Å²) in [6.45, 7) is -0.112. The zero-order chi connectivity index (χ0) is 23.5. The van der Waals surface area contributed by atoms with Crippen molar-refractivity contribution < 1.29 is 24.2 Å². The summed E-state index contributed by atoms with van der Waals surface area (Å²) in [6, 6.07) is 17.8. The van der Waals surface area contributed by atoms with Crippen molar-refractivity contribution in [1.82, 2.24) is 4.90 Å². The topological polar surface area (TPSA) is 76.1 Å². The van der Waals surface area contributed by atoms with Gasteiger partial charge in [-0.05, 0) is 56.0 Å². The van der Waals surface area contributed by atoms with Crippen LogP contribution in [0.25, 0.3) is 16.8 Å². The zero-order valence-electron chi connectivity index (χ0n) is 17.4. The van der Waals surface area contributed by atoms with Gasteiger partial charge in [-0.3, -0.25) is 14.5 Å². The summed E-state index contributed by atoms with van der Waals surface area (Å²) in [4.78, 5) is 25.0. The Morgan fingerprint density at radius 1 is 1.21 bits per heavy atom. The standard InChI is InChI=1S/C24H18BrNO5S2/c1-30-19-10-14(11-20-23(29)26(12-21(27)28)24(32)33-20)9-18(25)22(19)31-13-16-7-4-6-15-5-2-3-8-17(15)16/h2-11H,12-13H2,1H3,(H,27,28)/b20-11-. The van der Waals surface area contributed by atoms with Crippen LogP contribution < -0.4 is 9.47 Å². The van der Waals surface area contributed by atoms with Gasteiger partial charge < -0.3 is 14.6 Å². The molecule has 168 valence electrons. The van der Waals surface area contributed by atoms with Crippen molar-refractivity contribution in [3.63, 3.8) is 0 Å². The molecule has 1 amide bonds. The summed E-state index contributed by atoms with van der Waals surface area (Å²) in [6.07, 6.45) is 1.66. The predicted molar refractivity (Wildman–Crippen MR) is 136 cm³/mol. The number of nitrogens with zero attached hydrogens (tertiary/aromatic N) is 1. The molecule has 0 unspecified atom stereocenters. The number of hydrogen-bond acceptors (Lipinski definition) is 6. The van der Waals surface area contributed by atoms with Crippen LogP contribution in [0.2, 0.25) is 0 Å². The van der Waals surface area contributed by atoms with Gasteiger partial charge in [0.25, 0.3) is 5.91 Å². The van der Waals surface area contributed by atoms with Crippen LogP contribution in [-0.2, 0) is 16.2 Å². The van der Waals surface area contributed by atoms with E-state index in [1.807, 2.05) is 30.3 Å². The first-order valence-corrected chi connectivity index (χ1v) is 11.8. The van der Waals surface area contributed by atoms with Gasteiger partial charge in [0.05, 0.1) is 16.5 Å².